The van der Waals surface area contributed by atoms with Gasteiger partial charge in [0, 0.05) is 48.9 Å². The van der Waals surface area contributed by atoms with Crippen molar-refractivity contribution in [2.24, 2.45) is 5.92 Å². The van der Waals surface area contributed by atoms with Crippen molar-refractivity contribution < 1.29 is 37.5 Å². The van der Waals surface area contributed by atoms with E-state index >= 15 is 0 Å². The number of hydrogen-bond donors (Lipinski definition) is 5. The zero-order valence-corrected chi connectivity index (χ0v) is 37.4. The van der Waals surface area contributed by atoms with Gasteiger partial charge in [0.05, 0.1) is 34.7 Å². The van der Waals surface area contributed by atoms with Crippen molar-refractivity contribution in [3.63, 3.8) is 0 Å². The molecule has 4 heterocycles. The van der Waals surface area contributed by atoms with Gasteiger partial charge in [-0.15, -0.1) is 0 Å². The topological polar surface area (TPSA) is 194 Å². The minimum Gasteiger partial charge on any atom is -0.394 e. The van der Waals surface area contributed by atoms with Crippen LogP contribution in [0.3, 0.4) is 0 Å². The SMILES string of the molecule is Cc1ccc(S(=O)(=O)N2CC[C@@H]3[C@H](CO)Nc4ccc(-c5cccc(NC(=O)CCCc6ccc(CCCNc7cccc8c7C(=O)N(C7CCC(=O)NC7=O)C8=O)cc6)c5)cc4[C@@H]32)cc1. The Balaban J connectivity index is 0.763. The van der Waals surface area contributed by atoms with Crippen LogP contribution in [-0.4, -0.2) is 84.0 Å². The molecule has 14 nitrogen and oxygen atoms in total. The maximum Gasteiger partial charge on any atom is 0.264 e. The highest BCUT2D eigenvalue weighted by Crippen LogP contribution is 2.49. The molecule has 4 atom stereocenters. The van der Waals surface area contributed by atoms with Crippen LogP contribution in [-0.2, 0) is 37.2 Å². The number of carbonyl (C=O) groups is 5. The lowest BCUT2D eigenvalue weighted by Gasteiger charge is -2.39. The average Bonchev–Trinajstić information content (AvgIpc) is 3.88. The zero-order valence-electron chi connectivity index (χ0n) is 36.6. The molecule has 4 aliphatic rings. The van der Waals surface area contributed by atoms with Gasteiger partial charge in [-0.05, 0) is 122 Å². The van der Waals surface area contributed by atoms with E-state index in [0.717, 1.165) is 63.2 Å². The van der Waals surface area contributed by atoms with E-state index in [2.05, 4.69) is 45.5 Å². The number of nitrogens with zero attached hydrogens (tertiary/aromatic N) is 2. The molecule has 4 aliphatic heterocycles. The van der Waals surface area contributed by atoms with Crippen LogP contribution < -0.4 is 21.3 Å². The molecule has 0 spiro atoms. The molecule has 340 valence electrons. The molecule has 15 heteroatoms. The fourth-order valence-electron chi connectivity index (χ4n) is 9.82. The predicted octanol–water partition coefficient (Wildman–Crippen LogP) is 6.61. The third-order valence-electron chi connectivity index (χ3n) is 13.2. The summed E-state index contributed by atoms with van der Waals surface area (Å²) in [5.74, 6) is -2.33. The normalized spacial score (nSPS) is 20.3. The summed E-state index contributed by atoms with van der Waals surface area (Å²) in [6.07, 6.45) is 4.06. The van der Waals surface area contributed by atoms with Gasteiger partial charge >= 0.3 is 0 Å². The highest BCUT2D eigenvalue weighted by molar-refractivity contribution is 7.89. The largest absolute Gasteiger partial charge is 0.394 e. The number of amides is 5. The molecule has 1 unspecified atom stereocenters. The lowest BCUT2D eigenvalue weighted by atomic mass is 9.82. The van der Waals surface area contributed by atoms with Crippen LogP contribution in [0.25, 0.3) is 11.1 Å². The number of fused-ring (bicyclic) bond motifs is 4. The van der Waals surface area contributed by atoms with Crippen molar-refractivity contribution in [2.75, 3.05) is 35.6 Å². The number of piperidine rings is 1. The van der Waals surface area contributed by atoms with E-state index in [4.69, 9.17) is 0 Å². The van der Waals surface area contributed by atoms with Crippen LogP contribution in [0, 0.1) is 12.8 Å². The third-order valence-corrected chi connectivity index (χ3v) is 15.1. The van der Waals surface area contributed by atoms with Crippen molar-refractivity contribution in [3.8, 4) is 11.1 Å². The highest BCUT2D eigenvalue weighted by Gasteiger charge is 2.49. The summed E-state index contributed by atoms with van der Waals surface area (Å²) in [6.45, 7) is 2.72. The monoisotopic (exact) mass is 908 g/mol. The Morgan fingerprint density at radius 1 is 0.818 bits per heavy atom. The van der Waals surface area contributed by atoms with Crippen LogP contribution in [0.2, 0.25) is 0 Å². The molecule has 5 N–H and O–H groups in total. The van der Waals surface area contributed by atoms with Crippen molar-refractivity contribution in [3.05, 3.63) is 143 Å². The predicted molar refractivity (Wildman–Crippen MR) is 250 cm³/mol. The Hall–Kier alpha value is -6.68. The number of rotatable bonds is 15. The van der Waals surface area contributed by atoms with Gasteiger partial charge in [0.1, 0.15) is 6.04 Å². The lowest BCUT2D eigenvalue weighted by Crippen LogP contribution is -2.54. The van der Waals surface area contributed by atoms with Crippen LogP contribution >= 0.6 is 0 Å². The van der Waals surface area contributed by atoms with Gasteiger partial charge in [-0.1, -0.05) is 66.2 Å². The number of nitrogens with one attached hydrogen (secondary N) is 4. The van der Waals surface area contributed by atoms with Crippen LogP contribution in [0.4, 0.5) is 17.1 Å². The van der Waals surface area contributed by atoms with E-state index in [1.165, 1.54) is 0 Å². The number of sulfonamides is 1. The molecule has 2 fully saturated rings. The Morgan fingerprint density at radius 3 is 2.29 bits per heavy atom. The third kappa shape index (κ3) is 8.85. The molecule has 5 amide bonds. The number of aliphatic hydroxyl groups excluding tert-OH is 1. The molecule has 0 aromatic heterocycles. The molecule has 0 bridgehead atoms. The van der Waals surface area contributed by atoms with Gasteiger partial charge in [0.15, 0.2) is 0 Å². The second-order valence-corrected chi connectivity index (χ2v) is 19.5. The van der Waals surface area contributed by atoms with Gasteiger partial charge in [-0.25, -0.2) is 8.42 Å². The average molecular weight is 909 g/mol. The standard InChI is InChI=1S/C51H52N6O8S/c1-31-13-20-37(21-14-31)66(64,65)56-27-25-38-43(30-58)54-41-22-19-35(29-40(41)48(38)56)34-8-3-9-36(28-34)53-45(59)12-2-6-32-15-17-33(18-16-32)7-5-26-52-42-11-4-10-39-47(42)51(63)57(50(39)62)44-23-24-46(60)55-49(44)61/h3-4,8-11,13-22,28-29,38,43-44,48,52,54,58H,2,5-7,12,23-27,30H2,1H3,(H,53,59)(H,55,60,61)/t38-,43+,44?,48-/m1/s1. The van der Waals surface area contributed by atoms with Crippen molar-refractivity contribution >= 4 is 56.6 Å². The van der Waals surface area contributed by atoms with Gasteiger partial charge in [-0.2, -0.15) is 4.31 Å². The Kier molecular flexibility index (Phi) is 12.6. The molecule has 0 radical (unpaired) electrons. The number of aliphatic hydroxyl groups is 1. The second-order valence-electron chi connectivity index (χ2n) is 17.6. The summed E-state index contributed by atoms with van der Waals surface area (Å²) in [7, 11) is -3.80. The first kappa shape index (κ1) is 44.5. The Labute approximate surface area is 383 Å². The fourth-order valence-corrected chi connectivity index (χ4v) is 11.5. The number of hydrogen-bond acceptors (Lipinski definition) is 10. The van der Waals surface area contributed by atoms with E-state index in [1.54, 1.807) is 46.8 Å². The van der Waals surface area contributed by atoms with E-state index in [9.17, 15) is 37.5 Å². The molecule has 0 aliphatic carbocycles. The van der Waals surface area contributed by atoms with Crippen LogP contribution in [0.1, 0.15) is 87.5 Å². The van der Waals surface area contributed by atoms with Crippen LogP contribution in [0.5, 0.6) is 0 Å². The minimum absolute atomic E-state index is 0.0624. The van der Waals surface area contributed by atoms with E-state index < -0.39 is 45.7 Å². The summed E-state index contributed by atoms with van der Waals surface area (Å²) < 4.78 is 29.6. The van der Waals surface area contributed by atoms with Gasteiger partial charge in [0.25, 0.3) is 11.8 Å². The first-order valence-corrected chi connectivity index (χ1v) is 24.0. The first-order valence-electron chi connectivity index (χ1n) is 22.6. The summed E-state index contributed by atoms with van der Waals surface area (Å²) in [5, 5.41) is 22.3. The summed E-state index contributed by atoms with van der Waals surface area (Å²) >= 11 is 0. The van der Waals surface area contributed by atoms with Gasteiger partial charge < -0.3 is 21.1 Å². The molecular formula is C51H52N6O8S. The summed E-state index contributed by atoms with van der Waals surface area (Å²) in [5.41, 5.74) is 8.35. The molecule has 0 saturated carbocycles. The maximum atomic E-state index is 14.0. The Bertz CT molecular complexity index is 2830. The van der Waals surface area contributed by atoms with Gasteiger partial charge in [-0.3, -0.25) is 34.2 Å². The molecule has 5 aromatic carbocycles. The smallest absolute Gasteiger partial charge is 0.264 e. The summed E-state index contributed by atoms with van der Waals surface area (Å²) in [4.78, 5) is 65.0. The minimum atomic E-state index is -3.80. The number of imide groups is 2. The van der Waals surface area contributed by atoms with E-state index in [1.807, 2.05) is 49.4 Å². The fraction of sp³-hybridized carbons (Fsp3) is 0.314. The van der Waals surface area contributed by atoms with E-state index in [-0.39, 0.29) is 53.3 Å². The number of carbonyl (C=O) groups excluding carboxylic acids is 5. The Morgan fingerprint density at radius 2 is 1.55 bits per heavy atom. The quantitative estimate of drug-likeness (QED) is 0.0564. The molecular weight excluding hydrogens is 857 g/mol. The zero-order chi connectivity index (χ0) is 46.1. The van der Waals surface area contributed by atoms with Crippen molar-refractivity contribution in [2.45, 2.75) is 81.3 Å². The van der Waals surface area contributed by atoms with Crippen molar-refractivity contribution in [1.29, 1.82) is 0 Å². The lowest BCUT2D eigenvalue weighted by molar-refractivity contribution is -0.136. The first-order chi connectivity index (χ1) is 31.9. The molecule has 5 aromatic rings. The molecule has 2 saturated heterocycles. The summed E-state index contributed by atoms with van der Waals surface area (Å²) in [6, 6.07) is 32.1. The number of benzene rings is 5. The van der Waals surface area contributed by atoms with Crippen molar-refractivity contribution in [1.82, 2.24) is 14.5 Å². The maximum absolute atomic E-state index is 14.0. The number of anilines is 3. The number of aryl methyl sites for hydroxylation is 3. The van der Waals surface area contributed by atoms with Crippen LogP contribution in [0.15, 0.2) is 114 Å². The molecule has 9 rings (SSSR count). The van der Waals surface area contributed by atoms with E-state index in [0.29, 0.717) is 43.7 Å². The molecule has 66 heavy (non-hydrogen) atoms. The second kappa shape index (κ2) is 18.7. The van der Waals surface area contributed by atoms with Gasteiger partial charge in [0.2, 0.25) is 27.7 Å². The highest BCUT2D eigenvalue weighted by atomic mass is 32.2.